The summed E-state index contributed by atoms with van der Waals surface area (Å²) >= 11 is 0. The number of ketones is 1. The van der Waals surface area contributed by atoms with Gasteiger partial charge in [-0.2, -0.15) is 4.98 Å². The smallest absolute Gasteiger partial charge is 0.258 e. The maximum atomic E-state index is 13.0. The third-order valence-electron chi connectivity index (χ3n) is 4.37. The molecule has 1 aromatic heterocycles. The van der Waals surface area contributed by atoms with Gasteiger partial charge in [-0.25, -0.2) is 4.39 Å². The number of nitrogens with zero attached hydrogens (tertiary/aromatic N) is 2. The molecule has 0 saturated heterocycles. The summed E-state index contributed by atoms with van der Waals surface area (Å²) in [6.07, 6.45) is 0. The summed E-state index contributed by atoms with van der Waals surface area (Å²) in [7, 11) is 1.59. The average molecular weight is 404 g/mol. The van der Waals surface area contributed by atoms with E-state index < -0.39 is 5.82 Å². The molecule has 1 heterocycles. The van der Waals surface area contributed by atoms with Crippen molar-refractivity contribution >= 4 is 5.78 Å². The molecule has 0 aliphatic heterocycles. The number of carbonyl (C=O) groups is 1. The van der Waals surface area contributed by atoms with Crippen LogP contribution in [0.2, 0.25) is 0 Å². The Kier molecular flexibility index (Phi) is 5.52. The van der Waals surface area contributed by atoms with Gasteiger partial charge in [-0.05, 0) is 54.6 Å². The first-order valence-corrected chi connectivity index (χ1v) is 9.12. The van der Waals surface area contributed by atoms with Crippen LogP contribution in [0, 0.1) is 5.82 Å². The van der Waals surface area contributed by atoms with Gasteiger partial charge in [0.25, 0.3) is 5.89 Å². The highest BCUT2D eigenvalue weighted by Crippen LogP contribution is 2.26. The van der Waals surface area contributed by atoms with Crippen molar-refractivity contribution in [1.29, 1.82) is 0 Å². The fourth-order valence-corrected chi connectivity index (χ4v) is 2.81. The van der Waals surface area contributed by atoms with Gasteiger partial charge >= 0.3 is 0 Å². The molecule has 0 N–H and O–H groups in total. The Hall–Kier alpha value is -4.00. The van der Waals surface area contributed by atoms with Crippen LogP contribution in [-0.2, 0) is 0 Å². The molecule has 0 saturated carbocycles. The fraction of sp³-hybridized carbons (Fsp3) is 0.0870. The summed E-state index contributed by atoms with van der Waals surface area (Å²) in [5.74, 6) is 1.28. The molecule has 0 aliphatic carbocycles. The largest absolute Gasteiger partial charge is 0.497 e. The van der Waals surface area contributed by atoms with Gasteiger partial charge in [0, 0.05) is 16.7 Å². The van der Waals surface area contributed by atoms with E-state index in [1.165, 1.54) is 24.3 Å². The molecule has 0 radical (unpaired) electrons. The summed E-state index contributed by atoms with van der Waals surface area (Å²) in [5.41, 5.74) is 1.80. The number of benzene rings is 3. The third-order valence-corrected chi connectivity index (χ3v) is 4.37. The molecule has 0 bridgehead atoms. The molecule has 7 heteroatoms. The van der Waals surface area contributed by atoms with Crippen molar-refractivity contribution in [3.05, 3.63) is 84.2 Å². The van der Waals surface area contributed by atoms with Gasteiger partial charge in [-0.1, -0.05) is 23.4 Å². The van der Waals surface area contributed by atoms with Gasteiger partial charge in [-0.15, -0.1) is 0 Å². The summed E-state index contributed by atoms with van der Waals surface area (Å²) in [6, 6.07) is 19.7. The minimum atomic E-state index is -0.395. The highest BCUT2D eigenvalue weighted by atomic mass is 19.1. The lowest BCUT2D eigenvalue weighted by molar-refractivity contribution is 0.0921. The lowest BCUT2D eigenvalue weighted by Crippen LogP contribution is -2.11. The molecule has 0 unspecified atom stereocenters. The molecule has 0 aliphatic rings. The van der Waals surface area contributed by atoms with Crippen LogP contribution in [0.3, 0.4) is 0 Å². The van der Waals surface area contributed by atoms with Crippen LogP contribution in [-0.4, -0.2) is 29.6 Å². The fourth-order valence-electron chi connectivity index (χ4n) is 2.81. The first-order valence-electron chi connectivity index (χ1n) is 9.12. The molecule has 0 atom stereocenters. The second-order valence-electron chi connectivity index (χ2n) is 6.40. The highest BCUT2D eigenvalue weighted by Gasteiger charge is 2.13. The SMILES string of the molecule is COc1cccc(-c2nc(-c3cccc(OCC(=O)c4ccc(F)cc4)c3)no2)c1. The second-order valence-corrected chi connectivity index (χ2v) is 6.40. The van der Waals surface area contributed by atoms with Gasteiger partial charge < -0.3 is 14.0 Å². The number of methoxy groups -OCH3 is 1. The van der Waals surface area contributed by atoms with E-state index >= 15 is 0 Å². The maximum absolute atomic E-state index is 13.0. The average Bonchev–Trinajstić information content (AvgIpc) is 3.29. The third kappa shape index (κ3) is 4.35. The summed E-state index contributed by atoms with van der Waals surface area (Å²) in [4.78, 5) is 16.6. The summed E-state index contributed by atoms with van der Waals surface area (Å²) < 4.78 is 29.2. The lowest BCUT2D eigenvalue weighted by atomic mass is 10.1. The number of rotatable bonds is 7. The van der Waals surface area contributed by atoms with Crippen LogP contribution in [0.25, 0.3) is 22.8 Å². The molecule has 30 heavy (non-hydrogen) atoms. The van der Waals surface area contributed by atoms with Crippen molar-refractivity contribution < 1.29 is 23.2 Å². The number of halogens is 1. The van der Waals surface area contributed by atoms with Crippen molar-refractivity contribution in [3.63, 3.8) is 0 Å². The van der Waals surface area contributed by atoms with Crippen LogP contribution in [0.1, 0.15) is 10.4 Å². The quantitative estimate of drug-likeness (QED) is 0.412. The van der Waals surface area contributed by atoms with E-state index in [0.717, 1.165) is 5.56 Å². The zero-order chi connectivity index (χ0) is 20.9. The van der Waals surface area contributed by atoms with Crippen LogP contribution in [0.4, 0.5) is 4.39 Å². The van der Waals surface area contributed by atoms with E-state index in [1.807, 2.05) is 24.3 Å². The van der Waals surface area contributed by atoms with Crippen LogP contribution >= 0.6 is 0 Å². The first kappa shape index (κ1) is 19.3. The van der Waals surface area contributed by atoms with E-state index in [4.69, 9.17) is 14.0 Å². The number of aromatic nitrogens is 2. The van der Waals surface area contributed by atoms with Gasteiger partial charge in [-0.3, -0.25) is 4.79 Å². The molecular formula is C23H17FN2O4. The van der Waals surface area contributed by atoms with E-state index in [1.54, 1.807) is 31.4 Å². The van der Waals surface area contributed by atoms with Crippen molar-refractivity contribution in [2.75, 3.05) is 13.7 Å². The normalized spacial score (nSPS) is 10.6. The minimum Gasteiger partial charge on any atom is -0.497 e. The first-order chi connectivity index (χ1) is 14.6. The van der Waals surface area contributed by atoms with Gasteiger partial charge in [0.15, 0.2) is 12.4 Å². The Morgan fingerprint density at radius 2 is 1.67 bits per heavy atom. The zero-order valence-electron chi connectivity index (χ0n) is 16.0. The summed E-state index contributed by atoms with van der Waals surface area (Å²) in [5, 5.41) is 4.03. The minimum absolute atomic E-state index is 0.170. The van der Waals surface area contributed by atoms with Gasteiger partial charge in [0.1, 0.15) is 17.3 Å². The van der Waals surface area contributed by atoms with E-state index in [2.05, 4.69) is 10.1 Å². The number of hydrogen-bond donors (Lipinski definition) is 0. The van der Waals surface area contributed by atoms with Gasteiger partial charge in [0.2, 0.25) is 5.82 Å². The molecular weight excluding hydrogens is 387 g/mol. The molecule has 0 fully saturated rings. The topological polar surface area (TPSA) is 74.5 Å². The van der Waals surface area contributed by atoms with Crippen molar-refractivity contribution in [2.24, 2.45) is 0 Å². The number of hydrogen-bond acceptors (Lipinski definition) is 6. The number of ether oxygens (including phenoxy) is 2. The van der Waals surface area contributed by atoms with Crippen LogP contribution < -0.4 is 9.47 Å². The molecule has 6 nitrogen and oxygen atoms in total. The highest BCUT2D eigenvalue weighted by molar-refractivity contribution is 5.97. The predicted molar refractivity (Wildman–Crippen MR) is 108 cm³/mol. The Balaban J connectivity index is 1.47. The standard InChI is InChI=1S/C23H17FN2O4/c1-28-19-6-3-5-17(13-19)23-25-22(26-30-23)16-4-2-7-20(12-16)29-14-21(27)15-8-10-18(24)11-9-15/h2-13H,14H2,1H3. The van der Waals surface area contributed by atoms with Crippen molar-refractivity contribution in [1.82, 2.24) is 10.1 Å². The number of carbonyl (C=O) groups excluding carboxylic acids is 1. The van der Waals surface area contributed by atoms with Crippen LogP contribution in [0.15, 0.2) is 77.3 Å². The molecule has 3 aromatic carbocycles. The zero-order valence-corrected chi connectivity index (χ0v) is 16.0. The Morgan fingerprint density at radius 1 is 0.967 bits per heavy atom. The van der Waals surface area contributed by atoms with E-state index in [0.29, 0.717) is 34.3 Å². The molecule has 0 spiro atoms. The lowest BCUT2D eigenvalue weighted by Gasteiger charge is -2.06. The van der Waals surface area contributed by atoms with Crippen molar-refractivity contribution in [2.45, 2.75) is 0 Å². The Labute approximate surface area is 171 Å². The van der Waals surface area contributed by atoms with Crippen LogP contribution in [0.5, 0.6) is 11.5 Å². The molecule has 4 aromatic rings. The predicted octanol–water partition coefficient (Wildman–Crippen LogP) is 4.81. The second kappa shape index (κ2) is 8.57. The number of Topliss-reactive ketones (excluding diaryl/α,β-unsaturated/α-hetero) is 1. The summed E-state index contributed by atoms with van der Waals surface area (Å²) in [6.45, 7) is -0.170. The Bertz CT molecular complexity index is 1170. The van der Waals surface area contributed by atoms with Gasteiger partial charge in [0.05, 0.1) is 7.11 Å². The molecule has 4 rings (SSSR count). The molecule has 150 valence electrons. The Morgan fingerprint density at radius 3 is 2.43 bits per heavy atom. The van der Waals surface area contributed by atoms with Crippen molar-refractivity contribution in [3.8, 4) is 34.3 Å². The molecule has 0 amide bonds. The van der Waals surface area contributed by atoms with E-state index in [9.17, 15) is 9.18 Å². The maximum Gasteiger partial charge on any atom is 0.258 e. The van der Waals surface area contributed by atoms with E-state index in [-0.39, 0.29) is 12.4 Å². The monoisotopic (exact) mass is 404 g/mol.